The smallest absolute Gasteiger partial charge is 0.203 e. The average Bonchev–Trinajstić information content (AvgIpc) is 2.61. The number of aliphatic hydroxyl groups is 1. The Balaban J connectivity index is 2.79. The van der Waals surface area contributed by atoms with Gasteiger partial charge >= 0.3 is 0 Å². The molecule has 0 atom stereocenters. The Morgan fingerprint density at radius 1 is 1.50 bits per heavy atom. The molecule has 1 aromatic heterocycles. The van der Waals surface area contributed by atoms with Gasteiger partial charge in [-0.1, -0.05) is 13.8 Å². The first-order valence-corrected chi connectivity index (χ1v) is 5.04. The summed E-state index contributed by atoms with van der Waals surface area (Å²) in [6.07, 6.45) is 5.39. The van der Waals surface area contributed by atoms with Gasteiger partial charge in [0, 0.05) is 19.4 Å². The monoisotopic (exact) mass is 197 g/mol. The quantitative estimate of drug-likeness (QED) is 0.750. The minimum absolute atomic E-state index is 0.132. The summed E-state index contributed by atoms with van der Waals surface area (Å²) in [5.74, 6) is 0.808. The number of anilines is 1. The minimum atomic E-state index is -0.237. The Morgan fingerprint density at radius 3 is 2.50 bits per heavy atom. The van der Waals surface area contributed by atoms with Crippen LogP contribution >= 0.6 is 0 Å². The number of nitrogens with zero attached hydrogens (tertiary/aromatic N) is 2. The van der Waals surface area contributed by atoms with Crippen LogP contribution in [0, 0.1) is 0 Å². The van der Waals surface area contributed by atoms with Crippen LogP contribution in [0.4, 0.5) is 5.95 Å². The molecule has 4 nitrogen and oxygen atoms in total. The Hall–Kier alpha value is -1.03. The van der Waals surface area contributed by atoms with Crippen LogP contribution in [0.2, 0.25) is 0 Å². The summed E-state index contributed by atoms with van der Waals surface area (Å²) in [4.78, 5) is 4.19. The Bertz CT molecular complexity index is 270. The number of aliphatic hydroxyl groups excluding tert-OH is 1. The second kappa shape index (κ2) is 4.46. The fourth-order valence-corrected chi connectivity index (χ4v) is 1.41. The van der Waals surface area contributed by atoms with Crippen molar-refractivity contribution in [3.8, 4) is 0 Å². The molecule has 0 radical (unpaired) electrons. The predicted octanol–water partition coefficient (Wildman–Crippen LogP) is 1.38. The van der Waals surface area contributed by atoms with E-state index < -0.39 is 0 Å². The lowest BCUT2D eigenvalue weighted by molar-refractivity contribution is 0.201. The van der Waals surface area contributed by atoms with Crippen LogP contribution in [0.15, 0.2) is 12.4 Å². The summed E-state index contributed by atoms with van der Waals surface area (Å²) in [5, 5.41) is 12.7. The van der Waals surface area contributed by atoms with Gasteiger partial charge in [0.25, 0.3) is 0 Å². The zero-order valence-electron chi connectivity index (χ0n) is 9.12. The van der Waals surface area contributed by atoms with E-state index >= 15 is 0 Å². The molecule has 0 amide bonds. The SMILES string of the molecule is CCC(CC)(CO)Nc1nccn1C. The summed E-state index contributed by atoms with van der Waals surface area (Å²) in [6.45, 7) is 4.26. The number of hydrogen-bond acceptors (Lipinski definition) is 3. The largest absolute Gasteiger partial charge is 0.394 e. The molecule has 14 heavy (non-hydrogen) atoms. The van der Waals surface area contributed by atoms with Crippen LogP contribution in [0.25, 0.3) is 0 Å². The number of hydrogen-bond donors (Lipinski definition) is 2. The second-order valence-electron chi connectivity index (χ2n) is 3.63. The Kier molecular flexibility index (Phi) is 3.52. The van der Waals surface area contributed by atoms with Gasteiger partial charge in [-0.2, -0.15) is 0 Å². The van der Waals surface area contributed by atoms with Crippen LogP contribution in [-0.4, -0.2) is 26.8 Å². The molecule has 0 fully saturated rings. The number of rotatable bonds is 5. The maximum atomic E-state index is 9.37. The van der Waals surface area contributed by atoms with Gasteiger partial charge in [-0.15, -0.1) is 0 Å². The van der Waals surface area contributed by atoms with Crippen LogP contribution in [0.1, 0.15) is 26.7 Å². The highest BCUT2D eigenvalue weighted by Crippen LogP contribution is 2.20. The number of nitrogens with one attached hydrogen (secondary N) is 1. The van der Waals surface area contributed by atoms with Crippen molar-refractivity contribution in [3.63, 3.8) is 0 Å². The van der Waals surface area contributed by atoms with Crippen LogP contribution in [0.3, 0.4) is 0 Å². The van der Waals surface area contributed by atoms with Gasteiger partial charge in [0.15, 0.2) is 0 Å². The van der Waals surface area contributed by atoms with E-state index in [1.54, 1.807) is 6.20 Å². The molecule has 0 saturated carbocycles. The molecule has 4 heteroatoms. The minimum Gasteiger partial charge on any atom is -0.394 e. The van der Waals surface area contributed by atoms with Crippen molar-refractivity contribution in [2.45, 2.75) is 32.2 Å². The zero-order valence-corrected chi connectivity index (χ0v) is 9.12. The van der Waals surface area contributed by atoms with E-state index in [1.165, 1.54) is 0 Å². The maximum Gasteiger partial charge on any atom is 0.203 e. The molecule has 0 aliphatic rings. The maximum absolute atomic E-state index is 9.37. The van der Waals surface area contributed by atoms with Gasteiger partial charge in [0.2, 0.25) is 5.95 Å². The van der Waals surface area contributed by atoms with Crippen LogP contribution in [0.5, 0.6) is 0 Å². The molecule has 0 unspecified atom stereocenters. The van der Waals surface area contributed by atoms with Gasteiger partial charge in [0.1, 0.15) is 0 Å². The molecule has 1 rings (SSSR count). The molecule has 0 aliphatic carbocycles. The average molecular weight is 197 g/mol. The summed E-state index contributed by atoms with van der Waals surface area (Å²) < 4.78 is 1.91. The topological polar surface area (TPSA) is 50.1 Å². The van der Waals surface area contributed by atoms with Crippen molar-refractivity contribution < 1.29 is 5.11 Å². The van der Waals surface area contributed by atoms with E-state index in [-0.39, 0.29) is 12.1 Å². The van der Waals surface area contributed by atoms with Crippen molar-refractivity contribution in [2.24, 2.45) is 7.05 Å². The fourth-order valence-electron chi connectivity index (χ4n) is 1.41. The summed E-state index contributed by atoms with van der Waals surface area (Å²) in [5.41, 5.74) is -0.237. The van der Waals surface area contributed by atoms with Gasteiger partial charge in [-0.25, -0.2) is 4.98 Å². The molecule has 1 aromatic rings. The molecule has 0 aromatic carbocycles. The first kappa shape index (κ1) is 11.0. The van der Waals surface area contributed by atoms with Gasteiger partial charge in [-0.3, -0.25) is 0 Å². The molecule has 80 valence electrons. The Labute approximate surface area is 85.0 Å². The highest BCUT2D eigenvalue weighted by Gasteiger charge is 2.25. The Morgan fingerprint density at radius 2 is 2.14 bits per heavy atom. The molecule has 1 heterocycles. The van der Waals surface area contributed by atoms with Gasteiger partial charge in [-0.05, 0) is 12.8 Å². The second-order valence-corrected chi connectivity index (χ2v) is 3.63. The number of aryl methyl sites for hydroxylation is 1. The number of aromatic nitrogens is 2. The van der Waals surface area contributed by atoms with E-state index in [0.29, 0.717) is 0 Å². The van der Waals surface area contributed by atoms with Crippen molar-refractivity contribution in [3.05, 3.63) is 12.4 Å². The third kappa shape index (κ3) is 2.07. The van der Waals surface area contributed by atoms with Gasteiger partial charge in [0.05, 0.1) is 12.1 Å². The fraction of sp³-hybridized carbons (Fsp3) is 0.700. The molecular formula is C10H19N3O. The van der Waals surface area contributed by atoms with Crippen molar-refractivity contribution >= 4 is 5.95 Å². The van der Waals surface area contributed by atoms with E-state index in [9.17, 15) is 5.11 Å². The zero-order chi connectivity index (χ0) is 10.6. The standard InChI is InChI=1S/C10H19N3O/c1-4-10(5-2,8-14)12-9-11-6-7-13(9)3/h6-7,14H,4-5,8H2,1-3H3,(H,11,12). The van der Waals surface area contributed by atoms with Crippen molar-refractivity contribution in [2.75, 3.05) is 11.9 Å². The normalized spacial score (nSPS) is 11.7. The van der Waals surface area contributed by atoms with E-state index in [0.717, 1.165) is 18.8 Å². The van der Waals surface area contributed by atoms with Crippen LogP contribution < -0.4 is 5.32 Å². The third-order valence-electron chi connectivity index (χ3n) is 2.85. The molecule has 0 saturated heterocycles. The van der Waals surface area contributed by atoms with Crippen molar-refractivity contribution in [1.29, 1.82) is 0 Å². The molecule has 0 bridgehead atoms. The summed E-state index contributed by atoms with van der Waals surface area (Å²) >= 11 is 0. The molecular weight excluding hydrogens is 178 g/mol. The lowest BCUT2D eigenvalue weighted by Crippen LogP contribution is -2.41. The van der Waals surface area contributed by atoms with Gasteiger partial charge < -0.3 is 15.0 Å². The first-order chi connectivity index (χ1) is 6.67. The van der Waals surface area contributed by atoms with Crippen LogP contribution in [-0.2, 0) is 7.05 Å². The molecule has 0 spiro atoms. The predicted molar refractivity (Wildman–Crippen MR) is 57.2 cm³/mol. The lowest BCUT2D eigenvalue weighted by atomic mass is 9.94. The molecule has 0 aliphatic heterocycles. The first-order valence-electron chi connectivity index (χ1n) is 5.04. The highest BCUT2D eigenvalue weighted by atomic mass is 16.3. The highest BCUT2D eigenvalue weighted by molar-refractivity contribution is 5.30. The lowest BCUT2D eigenvalue weighted by Gasteiger charge is -2.31. The van der Waals surface area contributed by atoms with E-state index in [1.807, 2.05) is 17.8 Å². The summed E-state index contributed by atoms with van der Waals surface area (Å²) in [6, 6.07) is 0. The van der Waals surface area contributed by atoms with E-state index in [4.69, 9.17) is 0 Å². The summed E-state index contributed by atoms with van der Waals surface area (Å²) in [7, 11) is 1.93. The third-order valence-corrected chi connectivity index (χ3v) is 2.85. The van der Waals surface area contributed by atoms with Crippen molar-refractivity contribution in [1.82, 2.24) is 9.55 Å². The number of imidazole rings is 1. The van der Waals surface area contributed by atoms with E-state index in [2.05, 4.69) is 24.1 Å². The molecule has 2 N–H and O–H groups in total.